The number of aromatic nitrogens is 2. The number of nitrogens with zero attached hydrogens (tertiary/aromatic N) is 2. The van der Waals surface area contributed by atoms with Crippen LogP contribution < -0.4 is 11.1 Å². The number of nitrogens with one attached hydrogen (secondary N) is 1. The molecule has 0 aliphatic carbocycles. The van der Waals surface area contributed by atoms with Crippen LogP contribution in [0.15, 0.2) is 65.3 Å². The number of rotatable bonds is 4. The highest BCUT2D eigenvalue weighted by atomic mass is 16.3. The second-order valence-electron chi connectivity index (χ2n) is 5.90. The molecule has 0 aliphatic heterocycles. The van der Waals surface area contributed by atoms with E-state index in [4.69, 9.17) is 10.2 Å². The zero-order chi connectivity index (χ0) is 17.2. The standard InChI is InChI=1S/C20H18N4O/c1-13-11-15(7-9-22-13)17-19-16(8-10-23-17)18(20(21)25-19)24-12-14-5-3-2-4-6-14/h2-11,24H,12,21H2,1H3. The Morgan fingerprint density at radius 2 is 1.84 bits per heavy atom. The lowest BCUT2D eigenvalue weighted by Gasteiger charge is -2.06. The fourth-order valence-corrected chi connectivity index (χ4v) is 2.91. The largest absolute Gasteiger partial charge is 0.436 e. The molecule has 5 nitrogen and oxygen atoms in total. The maximum absolute atomic E-state index is 6.13. The quantitative estimate of drug-likeness (QED) is 0.580. The van der Waals surface area contributed by atoms with Gasteiger partial charge in [-0.3, -0.25) is 9.97 Å². The van der Waals surface area contributed by atoms with Gasteiger partial charge in [-0.2, -0.15) is 0 Å². The van der Waals surface area contributed by atoms with E-state index >= 15 is 0 Å². The first-order valence-corrected chi connectivity index (χ1v) is 8.10. The predicted octanol–water partition coefficient (Wildman–Crippen LogP) is 4.39. The lowest BCUT2D eigenvalue weighted by atomic mass is 10.1. The van der Waals surface area contributed by atoms with E-state index in [2.05, 4.69) is 27.4 Å². The molecule has 0 atom stereocenters. The molecule has 1 aromatic carbocycles. The van der Waals surface area contributed by atoms with Crippen LogP contribution in [0.5, 0.6) is 0 Å². The van der Waals surface area contributed by atoms with Gasteiger partial charge in [-0.15, -0.1) is 0 Å². The summed E-state index contributed by atoms with van der Waals surface area (Å²) in [6.07, 6.45) is 3.54. The number of nitrogens with two attached hydrogens (primary N) is 1. The summed E-state index contributed by atoms with van der Waals surface area (Å²) in [6.45, 7) is 2.62. The summed E-state index contributed by atoms with van der Waals surface area (Å²) in [5, 5.41) is 4.31. The van der Waals surface area contributed by atoms with Gasteiger partial charge >= 0.3 is 0 Å². The summed E-state index contributed by atoms with van der Waals surface area (Å²) in [5.74, 6) is 0.367. The zero-order valence-electron chi connectivity index (χ0n) is 13.9. The molecule has 0 saturated carbocycles. The van der Waals surface area contributed by atoms with Gasteiger partial charge in [-0.25, -0.2) is 0 Å². The summed E-state index contributed by atoms with van der Waals surface area (Å²) in [6, 6.07) is 16.0. The van der Waals surface area contributed by atoms with Gasteiger partial charge in [-0.1, -0.05) is 30.3 Å². The molecule has 0 spiro atoms. The van der Waals surface area contributed by atoms with Crippen LogP contribution in [-0.4, -0.2) is 9.97 Å². The molecule has 25 heavy (non-hydrogen) atoms. The van der Waals surface area contributed by atoms with Crippen molar-refractivity contribution in [2.45, 2.75) is 13.5 Å². The molecule has 3 N–H and O–H groups in total. The highest BCUT2D eigenvalue weighted by Crippen LogP contribution is 2.37. The van der Waals surface area contributed by atoms with E-state index in [1.807, 2.05) is 43.3 Å². The smallest absolute Gasteiger partial charge is 0.215 e. The Balaban J connectivity index is 1.74. The van der Waals surface area contributed by atoms with Gasteiger partial charge in [0.05, 0.1) is 0 Å². The summed E-state index contributed by atoms with van der Waals surface area (Å²) >= 11 is 0. The van der Waals surface area contributed by atoms with Crippen molar-refractivity contribution in [1.82, 2.24) is 9.97 Å². The lowest BCUT2D eigenvalue weighted by molar-refractivity contribution is 0.637. The van der Waals surface area contributed by atoms with Gasteiger partial charge in [0.1, 0.15) is 11.4 Å². The van der Waals surface area contributed by atoms with Crippen molar-refractivity contribution in [3.63, 3.8) is 0 Å². The molecule has 3 aromatic heterocycles. The number of hydrogen-bond donors (Lipinski definition) is 2. The van der Waals surface area contributed by atoms with E-state index in [1.54, 1.807) is 12.4 Å². The van der Waals surface area contributed by atoms with Crippen molar-refractivity contribution >= 4 is 22.5 Å². The van der Waals surface area contributed by atoms with Gasteiger partial charge in [0, 0.05) is 35.6 Å². The Morgan fingerprint density at radius 1 is 1.04 bits per heavy atom. The first-order valence-electron chi connectivity index (χ1n) is 8.10. The summed E-state index contributed by atoms with van der Waals surface area (Å²) in [5.41, 5.74) is 11.4. The van der Waals surface area contributed by atoms with Gasteiger partial charge in [0.15, 0.2) is 5.58 Å². The summed E-state index contributed by atoms with van der Waals surface area (Å²) < 4.78 is 5.85. The van der Waals surface area contributed by atoms with Gasteiger partial charge < -0.3 is 15.5 Å². The van der Waals surface area contributed by atoms with E-state index < -0.39 is 0 Å². The molecule has 3 heterocycles. The van der Waals surface area contributed by atoms with Crippen LogP contribution in [0.1, 0.15) is 11.3 Å². The Bertz CT molecular complexity index is 1020. The highest BCUT2D eigenvalue weighted by molar-refractivity contribution is 6.02. The average molecular weight is 330 g/mol. The van der Waals surface area contributed by atoms with Crippen molar-refractivity contribution in [2.75, 3.05) is 11.1 Å². The van der Waals surface area contributed by atoms with Crippen molar-refractivity contribution in [3.05, 3.63) is 72.2 Å². The lowest BCUT2D eigenvalue weighted by Crippen LogP contribution is -2.00. The van der Waals surface area contributed by atoms with Crippen LogP contribution in [0.3, 0.4) is 0 Å². The third-order valence-corrected chi connectivity index (χ3v) is 4.11. The third-order valence-electron chi connectivity index (χ3n) is 4.11. The van der Waals surface area contributed by atoms with E-state index in [-0.39, 0.29) is 0 Å². The molecular weight excluding hydrogens is 312 g/mol. The second kappa shape index (κ2) is 6.28. The number of benzene rings is 1. The summed E-state index contributed by atoms with van der Waals surface area (Å²) in [4.78, 5) is 8.72. The number of fused-ring (bicyclic) bond motifs is 1. The van der Waals surface area contributed by atoms with Gasteiger partial charge in [0.25, 0.3) is 0 Å². The van der Waals surface area contributed by atoms with Crippen molar-refractivity contribution in [3.8, 4) is 11.3 Å². The average Bonchev–Trinajstić information content (AvgIpc) is 2.96. The van der Waals surface area contributed by atoms with Crippen LogP contribution >= 0.6 is 0 Å². The molecule has 4 rings (SSSR count). The number of aryl methyl sites for hydroxylation is 1. The minimum atomic E-state index is 0.367. The fourth-order valence-electron chi connectivity index (χ4n) is 2.91. The van der Waals surface area contributed by atoms with Crippen molar-refractivity contribution < 1.29 is 4.42 Å². The first kappa shape index (κ1) is 15.2. The number of furan rings is 1. The van der Waals surface area contributed by atoms with Gasteiger partial charge in [-0.05, 0) is 30.7 Å². The number of pyridine rings is 2. The summed E-state index contributed by atoms with van der Waals surface area (Å²) in [7, 11) is 0. The number of nitrogen functional groups attached to an aromatic ring is 1. The van der Waals surface area contributed by atoms with Crippen LogP contribution in [0.4, 0.5) is 11.6 Å². The molecule has 0 bridgehead atoms. The monoisotopic (exact) mass is 330 g/mol. The molecule has 0 aliphatic rings. The Hall–Kier alpha value is -3.34. The SMILES string of the molecule is Cc1cc(-c2nccc3c(NCc4ccccc4)c(N)oc23)ccn1. The van der Waals surface area contributed by atoms with E-state index in [9.17, 15) is 0 Å². The predicted molar refractivity (Wildman–Crippen MR) is 100 cm³/mol. The highest BCUT2D eigenvalue weighted by Gasteiger charge is 2.16. The normalized spacial score (nSPS) is 10.9. The zero-order valence-corrected chi connectivity index (χ0v) is 13.9. The molecule has 0 unspecified atom stereocenters. The minimum absolute atomic E-state index is 0.367. The topological polar surface area (TPSA) is 77.0 Å². The van der Waals surface area contributed by atoms with E-state index in [1.165, 1.54) is 5.56 Å². The van der Waals surface area contributed by atoms with Crippen LogP contribution in [0.2, 0.25) is 0 Å². The Labute approximate surface area is 145 Å². The Morgan fingerprint density at radius 3 is 2.64 bits per heavy atom. The van der Waals surface area contributed by atoms with Crippen LogP contribution in [-0.2, 0) is 6.54 Å². The van der Waals surface area contributed by atoms with Crippen molar-refractivity contribution in [2.24, 2.45) is 0 Å². The van der Waals surface area contributed by atoms with E-state index in [0.29, 0.717) is 18.0 Å². The molecule has 0 saturated heterocycles. The van der Waals surface area contributed by atoms with Crippen LogP contribution in [0, 0.1) is 6.92 Å². The Kier molecular flexibility index (Phi) is 3.82. The van der Waals surface area contributed by atoms with Crippen LogP contribution in [0.25, 0.3) is 22.2 Å². The molecular formula is C20H18N4O. The molecule has 5 heteroatoms. The number of anilines is 2. The van der Waals surface area contributed by atoms with Crippen molar-refractivity contribution in [1.29, 1.82) is 0 Å². The molecule has 124 valence electrons. The molecule has 0 fully saturated rings. The van der Waals surface area contributed by atoms with Gasteiger partial charge in [0.2, 0.25) is 5.88 Å². The third kappa shape index (κ3) is 2.92. The molecule has 0 radical (unpaired) electrons. The number of hydrogen-bond acceptors (Lipinski definition) is 5. The van der Waals surface area contributed by atoms with E-state index in [0.717, 1.165) is 28.0 Å². The first-order chi connectivity index (χ1) is 12.2. The minimum Gasteiger partial charge on any atom is -0.436 e. The fraction of sp³-hybridized carbons (Fsp3) is 0.100. The molecule has 4 aromatic rings. The maximum atomic E-state index is 6.13. The molecule has 0 amide bonds. The maximum Gasteiger partial charge on any atom is 0.215 e. The second-order valence-corrected chi connectivity index (χ2v) is 5.90.